The number of carbonyl (C=O) groups is 1. The Morgan fingerprint density at radius 2 is 2.11 bits per heavy atom. The van der Waals surface area contributed by atoms with Gasteiger partial charge in [-0.25, -0.2) is 12.7 Å². The van der Waals surface area contributed by atoms with E-state index in [9.17, 15) is 13.2 Å². The van der Waals surface area contributed by atoms with E-state index in [0.717, 1.165) is 3.79 Å². The van der Waals surface area contributed by atoms with Gasteiger partial charge in [-0.2, -0.15) is 0 Å². The highest BCUT2D eigenvalue weighted by molar-refractivity contribution is 9.12. The van der Waals surface area contributed by atoms with Gasteiger partial charge in [-0.3, -0.25) is 4.79 Å². The lowest BCUT2D eigenvalue weighted by Gasteiger charge is -2.16. The van der Waals surface area contributed by atoms with Crippen LogP contribution < -0.4 is 0 Å². The number of halogens is 2. The third kappa shape index (κ3) is 4.52. The van der Waals surface area contributed by atoms with Crippen LogP contribution in [0.25, 0.3) is 0 Å². The second-order valence-electron chi connectivity index (χ2n) is 3.69. The monoisotopic (exact) mass is 433 g/mol. The fraction of sp³-hybridized carbons (Fsp3) is 0.500. The fourth-order valence-electron chi connectivity index (χ4n) is 1.34. The van der Waals surface area contributed by atoms with Crippen LogP contribution in [0.1, 0.15) is 12.8 Å². The van der Waals surface area contributed by atoms with Crippen molar-refractivity contribution in [2.75, 3.05) is 20.7 Å². The maximum atomic E-state index is 12.3. The molecular weight excluding hydrogens is 422 g/mol. The topological polar surface area (TPSA) is 63.7 Å². The van der Waals surface area contributed by atoms with Gasteiger partial charge < -0.3 is 4.74 Å². The first kappa shape index (κ1) is 17.1. The molecule has 9 heteroatoms. The van der Waals surface area contributed by atoms with Gasteiger partial charge in [0, 0.05) is 20.0 Å². The van der Waals surface area contributed by atoms with Gasteiger partial charge >= 0.3 is 5.97 Å². The Balaban J connectivity index is 2.72. The molecule has 1 aromatic rings. The summed E-state index contributed by atoms with van der Waals surface area (Å²) < 4.78 is 31.6. The zero-order chi connectivity index (χ0) is 14.6. The molecule has 0 saturated carbocycles. The predicted molar refractivity (Wildman–Crippen MR) is 80.8 cm³/mol. The van der Waals surface area contributed by atoms with Gasteiger partial charge in [0.05, 0.1) is 14.7 Å². The van der Waals surface area contributed by atoms with Crippen molar-refractivity contribution in [3.05, 3.63) is 13.6 Å². The van der Waals surface area contributed by atoms with Crippen molar-refractivity contribution in [2.45, 2.75) is 17.7 Å². The van der Waals surface area contributed by atoms with Crippen LogP contribution in [0.15, 0.2) is 18.5 Å². The molecule has 0 atom stereocenters. The molecule has 19 heavy (non-hydrogen) atoms. The van der Waals surface area contributed by atoms with E-state index in [1.54, 1.807) is 6.07 Å². The number of esters is 1. The van der Waals surface area contributed by atoms with Crippen molar-refractivity contribution < 1.29 is 17.9 Å². The molecule has 0 aromatic carbocycles. The van der Waals surface area contributed by atoms with Gasteiger partial charge in [-0.05, 0) is 44.3 Å². The summed E-state index contributed by atoms with van der Waals surface area (Å²) >= 11 is 7.78. The summed E-state index contributed by atoms with van der Waals surface area (Å²) in [6.07, 6.45) is 0.621. The Labute approximate surface area is 133 Å². The highest BCUT2D eigenvalue weighted by Gasteiger charge is 2.25. The molecule has 0 bridgehead atoms. The summed E-state index contributed by atoms with van der Waals surface area (Å²) in [6, 6.07) is 1.56. The molecule has 5 nitrogen and oxygen atoms in total. The molecule has 0 spiro atoms. The summed E-state index contributed by atoms with van der Waals surface area (Å²) in [7, 11) is -0.740. The van der Waals surface area contributed by atoms with Gasteiger partial charge in [0.15, 0.2) is 0 Å². The second kappa shape index (κ2) is 7.16. The molecular formula is C10H13Br2NO4S2. The van der Waals surface area contributed by atoms with Gasteiger partial charge in [0.2, 0.25) is 10.0 Å². The second-order valence-corrected chi connectivity index (χ2v) is 9.46. The average Bonchev–Trinajstić information content (AvgIpc) is 2.68. The predicted octanol–water partition coefficient (Wildman–Crippen LogP) is 2.85. The van der Waals surface area contributed by atoms with Crippen LogP contribution in [0, 0.1) is 0 Å². The van der Waals surface area contributed by atoms with Crippen molar-refractivity contribution in [2.24, 2.45) is 0 Å². The van der Waals surface area contributed by atoms with Crippen molar-refractivity contribution >= 4 is 59.2 Å². The van der Waals surface area contributed by atoms with Crippen LogP contribution in [-0.4, -0.2) is 39.4 Å². The third-order valence-electron chi connectivity index (χ3n) is 2.40. The van der Waals surface area contributed by atoms with E-state index < -0.39 is 10.0 Å². The summed E-state index contributed by atoms with van der Waals surface area (Å²) in [4.78, 5) is 11.2. The summed E-state index contributed by atoms with van der Waals surface area (Å²) in [5.41, 5.74) is 0. The minimum absolute atomic E-state index is 0.199. The quantitative estimate of drug-likeness (QED) is 0.645. The summed E-state index contributed by atoms with van der Waals surface area (Å²) in [6.45, 7) is 0.261. The molecule has 0 unspecified atom stereocenters. The highest BCUT2D eigenvalue weighted by Crippen LogP contribution is 2.36. The van der Waals surface area contributed by atoms with Crippen molar-refractivity contribution in [1.82, 2.24) is 4.31 Å². The highest BCUT2D eigenvalue weighted by atomic mass is 79.9. The first-order chi connectivity index (χ1) is 8.78. The standard InChI is InChI=1S/C10H13Br2NO4S2/c1-13(5-3-4-9(14)17-2)19(15,16)7-6-8(11)18-10(7)12/h6H,3-5H2,1-2H3. The molecule has 0 fully saturated rings. The van der Waals surface area contributed by atoms with E-state index in [4.69, 9.17) is 0 Å². The van der Waals surface area contributed by atoms with Crippen molar-refractivity contribution in [1.29, 1.82) is 0 Å². The lowest BCUT2D eigenvalue weighted by Crippen LogP contribution is -2.28. The van der Waals surface area contributed by atoms with Gasteiger partial charge in [0.1, 0.15) is 4.90 Å². The first-order valence-corrected chi connectivity index (χ1v) is 9.11. The molecule has 0 aliphatic heterocycles. The number of ether oxygens (including phenoxy) is 1. The minimum Gasteiger partial charge on any atom is -0.469 e. The zero-order valence-corrected chi connectivity index (χ0v) is 15.2. The lowest BCUT2D eigenvalue weighted by molar-refractivity contribution is -0.140. The van der Waals surface area contributed by atoms with Crippen molar-refractivity contribution in [3.8, 4) is 0 Å². The van der Waals surface area contributed by atoms with Crippen LogP contribution in [0.4, 0.5) is 0 Å². The number of carbonyl (C=O) groups excluding carboxylic acids is 1. The Bertz CT molecular complexity index is 556. The summed E-state index contributed by atoms with van der Waals surface area (Å²) in [5.74, 6) is -0.342. The minimum atomic E-state index is -3.54. The van der Waals surface area contributed by atoms with E-state index in [1.807, 2.05) is 0 Å². The first-order valence-electron chi connectivity index (χ1n) is 5.27. The molecule has 1 aromatic heterocycles. The maximum absolute atomic E-state index is 12.3. The number of sulfonamides is 1. The number of nitrogens with zero attached hydrogens (tertiary/aromatic N) is 1. The smallest absolute Gasteiger partial charge is 0.305 e. The van der Waals surface area contributed by atoms with Crippen molar-refractivity contribution in [3.63, 3.8) is 0 Å². The number of rotatable bonds is 6. The lowest BCUT2D eigenvalue weighted by atomic mass is 10.3. The van der Waals surface area contributed by atoms with E-state index in [0.29, 0.717) is 10.2 Å². The molecule has 1 rings (SSSR count). The number of thiophene rings is 1. The van der Waals surface area contributed by atoms with E-state index in [2.05, 4.69) is 36.6 Å². The van der Waals surface area contributed by atoms with Gasteiger partial charge in [-0.1, -0.05) is 0 Å². The molecule has 0 radical (unpaired) electrons. The molecule has 0 amide bonds. The van der Waals surface area contributed by atoms with Crippen LogP contribution >= 0.6 is 43.2 Å². The zero-order valence-electron chi connectivity index (χ0n) is 10.4. The van der Waals surface area contributed by atoms with E-state index >= 15 is 0 Å². The Morgan fingerprint density at radius 3 is 2.58 bits per heavy atom. The van der Waals surface area contributed by atoms with E-state index in [1.165, 1.54) is 29.8 Å². The largest absolute Gasteiger partial charge is 0.469 e. The Morgan fingerprint density at radius 1 is 1.47 bits per heavy atom. The molecule has 0 aliphatic carbocycles. The molecule has 0 saturated heterocycles. The molecule has 0 aliphatic rings. The Hall–Kier alpha value is 0.0400. The van der Waals surface area contributed by atoms with Crippen LogP contribution in [0.2, 0.25) is 0 Å². The van der Waals surface area contributed by atoms with Crippen LogP contribution in [0.3, 0.4) is 0 Å². The average molecular weight is 435 g/mol. The van der Waals surface area contributed by atoms with Crippen LogP contribution in [-0.2, 0) is 19.6 Å². The molecule has 0 N–H and O–H groups in total. The fourth-order valence-corrected chi connectivity index (χ4v) is 6.30. The summed E-state index contributed by atoms with van der Waals surface area (Å²) in [5, 5.41) is 0. The maximum Gasteiger partial charge on any atom is 0.305 e. The number of hydrogen-bond acceptors (Lipinski definition) is 5. The van der Waals surface area contributed by atoms with Crippen LogP contribution in [0.5, 0.6) is 0 Å². The molecule has 1 heterocycles. The number of methoxy groups -OCH3 is 1. The number of hydrogen-bond donors (Lipinski definition) is 0. The molecule has 108 valence electrons. The van der Waals surface area contributed by atoms with E-state index in [-0.39, 0.29) is 23.8 Å². The normalized spacial score (nSPS) is 11.8. The van der Waals surface area contributed by atoms with Gasteiger partial charge in [-0.15, -0.1) is 11.3 Å². The SMILES string of the molecule is COC(=O)CCCN(C)S(=O)(=O)c1cc(Br)sc1Br. The van der Waals surface area contributed by atoms with Gasteiger partial charge in [0.25, 0.3) is 0 Å². The third-order valence-corrected chi connectivity index (χ3v) is 7.01. The Kier molecular flexibility index (Phi) is 6.44.